The summed E-state index contributed by atoms with van der Waals surface area (Å²) < 4.78 is 11.9. The van der Waals surface area contributed by atoms with Crippen molar-refractivity contribution in [3.05, 3.63) is 0 Å². The first-order chi connectivity index (χ1) is 15.2. The lowest BCUT2D eigenvalue weighted by atomic mass is 9.66. The van der Waals surface area contributed by atoms with Crippen molar-refractivity contribution in [2.75, 3.05) is 13.2 Å². The van der Waals surface area contributed by atoms with Crippen molar-refractivity contribution in [3.8, 4) is 0 Å². The van der Waals surface area contributed by atoms with Crippen molar-refractivity contribution in [1.29, 1.82) is 0 Å². The highest BCUT2D eigenvalue weighted by Gasteiger charge is 2.78. The molecule has 3 aliphatic heterocycles. The van der Waals surface area contributed by atoms with Crippen molar-refractivity contribution in [2.24, 2.45) is 17.3 Å². The molecule has 6 atom stereocenters. The molecular formula is C25H42N2O6. The normalized spacial score (nSPS) is 34.4. The summed E-state index contributed by atoms with van der Waals surface area (Å²) >= 11 is 0. The van der Waals surface area contributed by atoms with E-state index in [0.29, 0.717) is 19.3 Å². The van der Waals surface area contributed by atoms with E-state index in [-0.39, 0.29) is 30.4 Å². The zero-order valence-corrected chi connectivity index (χ0v) is 21.5. The fourth-order valence-corrected chi connectivity index (χ4v) is 6.83. The zero-order chi connectivity index (χ0) is 25.0. The van der Waals surface area contributed by atoms with E-state index in [9.17, 15) is 19.5 Å². The van der Waals surface area contributed by atoms with E-state index in [1.54, 1.807) is 6.92 Å². The summed E-state index contributed by atoms with van der Waals surface area (Å²) in [5.41, 5.74) is -2.47. The number of carbonyl (C=O) groups excluding carboxylic acids is 3. The summed E-state index contributed by atoms with van der Waals surface area (Å²) in [7, 11) is 0. The van der Waals surface area contributed by atoms with Crippen LogP contribution in [0.3, 0.4) is 0 Å². The lowest BCUT2D eigenvalue weighted by Gasteiger charge is -2.40. The monoisotopic (exact) mass is 466 g/mol. The average molecular weight is 467 g/mol. The van der Waals surface area contributed by atoms with Crippen LogP contribution in [0.15, 0.2) is 0 Å². The van der Waals surface area contributed by atoms with Gasteiger partial charge in [0.1, 0.15) is 17.6 Å². The summed E-state index contributed by atoms with van der Waals surface area (Å²) in [5, 5.41) is 13.2. The SMILES string of the molecule is CCOC(=O)[C@@H]1[C@H]2C(=O)N([C@@H](CC)CO)C(C(=O)NC(C)(C)CC(C)(C)C)C23CC[C@@]1(C)O3. The summed E-state index contributed by atoms with van der Waals surface area (Å²) in [6, 6.07) is -1.44. The predicted molar refractivity (Wildman–Crippen MR) is 123 cm³/mol. The molecule has 3 saturated heterocycles. The van der Waals surface area contributed by atoms with Gasteiger partial charge < -0.3 is 24.8 Å². The van der Waals surface area contributed by atoms with Gasteiger partial charge >= 0.3 is 5.97 Å². The van der Waals surface area contributed by atoms with E-state index < -0.39 is 46.6 Å². The quantitative estimate of drug-likeness (QED) is 0.532. The van der Waals surface area contributed by atoms with Gasteiger partial charge in [0.15, 0.2) is 0 Å². The molecule has 2 amide bonds. The van der Waals surface area contributed by atoms with Gasteiger partial charge in [0.25, 0.3) is 0 Å². The molecule has 0 aliphatic carbocycles. The van der Waals surface area contributed by atoms with E-state index >= 15 is 0 Å². The van der Waals surface area contributed by atoms with Gasteiger partial charge in [-0.25, -0.2) is 0 Å². The highest BCUT2D eigenvalue weighted by molar-refractivity contribution is 5.98. The number of rotatable bonds is 8. The molecular weight excluding hydrogens is 424 g/mol. The number of carbonyl (C=O) groups is 3. The van der Waals surface area contributed by atoms with Crippen LogP contribution in [0.1, 0.15) is 81.1 Å². The van der Waals surface area contributed by atoms with E-state index in [1.165, 1.54) is 4.90 Å². The van der Waals surface area contributed by atoms with Crippen molar-refractivity contribution in [3.63, 3.8) is 0 Å². The van der Waals surface area contributed by atoms with Crippen LogP contribution in [-0.4, -0.2) is 69.8 Å². The van der Waals surface area contributed by atoms with Crippen LogP contribution >= 0.6 is 0 Å². The summed E-state index contributed by atoms with van der Waals surface area (Å²) in [5.74, 6) is -2.60. The van der Waals surface area contributed by atoms with Gasteiger partial charge in [-0.2, -0.15) is 0 Å². The fourth-order valence-electron chi connectivity index (χ4n) is 6.83. The van der Waals surface area contributed by atoms with Crippen molar-refractivity contribution in [1.82, 2.24) is 10.2 Å². The molecule has 0 saturated carbocycles. The Balaban J connectivity index is 2.04. The number of aliphatic hydroxyl groups excluding tert-OH is 1. The van der Waals surface area contributed by atoms with E-state index in [1.807, 2.05) is 27.7 Å². The molecule has 2 bridgehead atoms. The molecule has 3 fully saturated rings. The van der Waals surface area contributed by atoms with Crippen molar-refractivity contribution < 1.29 is 29.0 Å². The second kappa shape index (κ2) is 8.52. The Morgan fingerprint density at radius 2 is 1.88 bits per heavy atom. The van der Waals surface area contributed by atoms with Crippen molar-refractivity contribution >= 4 is 17.8 Å². The minimum absolute atomic E-state index is 0.00929. The number of likely N-dealkylation sites (tertiary alicyclic amines) is 1. The number of amides is 2. The third-order valence-corrected chi connectivity index (χ3v) is 7.51. The molecule has 8 nitrogen and oxygen atoms in total. The number of fused-ring (bicyclic) bond motifs is 1. The molecule has 3 heterocycles. The third-order valence-electron chi connectivity index (χ3n) is 7.51. The van der Waals surface area contributed by atoms with Crippen LogP contribution in [0.2, 0.25) is 0 Å². The van der Waals surface area contributed by atoms with E-state index in [4.69, 9.17) is 9.47 Å². The lowest BCUT2D eigenvalue weighted by Crippen LogP contribution is -2.61. The highest BCUT2D eigenvalue weighted by atomic mass is 16.6. The van der Waals surface area contributed by atoms with Gasteiger partial charge in [0.2, 0.25) is 11.8 Å². The van der Waals surface area contributed by atoms with Crippen LogP contribution in [-0.2, 0) is 23.9 Å². The fraction of sp³-hybridized carbons (Fsp3) is 0.880. The largest absolute Gasteiger partial charge is 0.466 e. The maximum atomic E-state index is 13.9. The van der Waals surface area contributed by atoms with Crippen LogP contribution in [0, 0.1) is 17.3 Å². The van der Waals surface area contributed by atoms with Crippen molar-refractivity contribution in [2.45, 2.75) is 110 Å². The Hall–Kier alpha value is -1.67. The second-order valence-electron chi connectivity index (χ2n) is 12.1. The molecule has 2 N–H and O–H groups in total. The minimum Gasteiger partial charge on any atom is -0.466 e. The first-order valence-electron chi connectivity index (χ1n) is 12.3. The number of hydrogen-bond acceptors (Lipinski definition) is 6. The predicted octanol–water partition coefficient (Wildman–Crippen LogP) is 2.42. The smallest absolute Gasteiger partial charge is 0.312 e. The molecule has 8 heteroatoms. The first kappa shape index (κ1) is 25.9. The highest BCUT2D eigenvalue weighted by Crippen LogP contribution is 2.63. The molecule has 3 aliphatic rings. The molecule has 33 heavy (non-hydrogen) atoms. The van der Waals surface area contributed by atoms with E-state index in [2.05, 4.69) is 26.1 Å². The topological polar surface area (TPSA) is 105 Å². The average Bonchev–Trinajstić information content (AvgIpc) is 3.22. The molecule has 0 aromatic rings. The molecule has 1 spiro atoms. The number of esters is 1. The zero-order valence-electron chi connectivity index (χ0n) is 21.5. The Morgan fingerprint density at radius 1 is 1.24 bits per heavy atom. The summed E-state index contributed by atoms with van der Waals surface area (Å²) in [6.45, 7) is 15.7. The Bertz CT molecular complexity index is 801. The number of aliphatic hydroxyl groups is 1. The Labute approximate surface area is 197 Å². The van der Waals surface area contributed by atoms with Crippen LogP contribution < -0.4 is 5.32 Å². The van der Waals surface area contributed by atoms with Gasteiger partial charge in [-0.05, 0) is 58.8 Å². The Morgan fingerprint density at radius 3 is 2.39 bits per heavy atom. The maximum Gasteiger partial charge on any atom is 0.312 e. The third kappa shape index (κ3) is 4.29. The van der Waals surface area contributed by atoms with Gasteiger partial charge in [-0.3, -0.25) is 14.4 Å². The number of nitrogens with one attached hydrogen (secondary N) is 1. The van der Waals surface area contributed by atoms with E-state index in [0.717, 1.165) is 6.42 Å². The van der Waals surface area contributed by atoms with Gasteiger partial charge in [-0.1, -0.05) is 27.7 Å². The summed E-state index contributed by atoms with van der Waals surface area (Å²) in [6.07, 6.45) is 2.30. The maximum absolute atomic E-state index is 13.9. The molecule has 188 valence electrons. The number of nitrogens with zero attached hydrogens (tertiary/aromatic N) is 1. The van der Waals surface area contributed by atoms with Gasteiger partial charge in [0, 0.05) is 5.54 Å². The number of hydrogen-bond donors (Lipinski definition) is 2. The molecule has 2 unspecified atom stereocenters. The van der Waals surface area contributed by atoms with Crippen LogP contribution in [0.5, 0.6) is 0 Å². The second-order valence-corrected chi connectivity index (χ2v) is 12.1. The molecule has 0 aromatic carbocycles. The number of ether oxygens (including phenoxy) is 2. The first-order valence-corrected chi connectivity index (χ1v) is 12.3. The van der Waals surface area contributed by atoms with Gasteiger partial charge in [-0.15, -0.1) is 0 Å². The standard InChI is InChI=1S/C25H42N2O6/c1-9-15(13-28)27-18(19(29)26-23(6,7)14-22(3,4)5)25-12-11-24(8,33-25)17(16(25)20(27)30)21(31)32-10-2/h15-18,28H,9-14H2,1-8H3,(H,26,29)/t15-,16-,17-,18?,24+,25?/m0/s1. The Kier molecular flexibility index (Phi) is 6.70. The lowest BCUT2D eigenvalue weighted by molar-refractivity contribution is -0.160. The molecule has 0 aromatic heterocycles. The molecule has 3 rings (SSSR count). The van der Waals surface area contributed by atoms with Gasteiger partial charge in [0.05, 0.1) is 30.8 Å². The minimum atomic E-state index is -1.10. The van der Waals surface area contributed by atoms with Crippen LogP contribution in [0.25, 0.3) is 0 Å². The molecule has 0 radical (unpaired) electrons. The van der Waals surface area contributed by atoms with Crippen LogP contribution in [0.4, 0.5) is 0 Å². The summed E-state index contributed by atoms with van der Waals surface area (Å²) in [4.78, 5) is 42.2.